The maximum absolute atomic E-state index is 11.9. The van der Waals surface area contributed by atoms with Gasteiger partial charge in [-0.2, -0.15) is 5.10 Å². The molecule has 0 radical (unpaired) electrons. The first kappa shape index (κ1) is 22.3. The number of methoxy groups -OCH3 is 2. The molecule has 0 aliphatic carbocycles. The van der Waals surface area contributed by atoms with Crippen molar-refractivity contribution in [1.29, 1.82) is 0 Å². The van der Waals surface area contributed by atoms with Crippen molar-refractivity contribution >= 4 is 51.3 Å². The molecule has 0 bridgehead atoms. The fourth-order valence-corrected chi connectivity index (χ4v) is 3.21. The Bertz CT molecular complexity index is 862. The van der Waals surface area contributed by atoms with Gasteiger partial charge in [-0.1, -0.05) is 23.2 Å². The predicted molar refractivity (Wildman–Crippen MR) is 114 cm³/mol. The standard InChI is InChI=1S/C19H19BrCl2N2O4/c1-26-17-10-18(27-2)14(20)8-12(17)11-23-24-19(25)4-3-7-28-16-6-5-13(21)9-15(16)22/h5-6,8-11H,3-4,7H2,1-2H3,(H,24,25). The third kappa shape index (κ3) is 6.58. The van der Waals surface area contributed by atoms with Crippen molar-refractivity contribution in [3.05, 3.63) is 50.4 Å². The number of benzene rings is 2. The summed E-state index contributed by atoms with van der Waals surface area (Å²) in [5.41, 5.74) is 3.17. The summed E-state index contributed by atoms with van der Waals surface area (Å²) in [6, 6.07) is 8.50. The van der Waals surface area contributed by atoms with Gasteiger partial charge in [0.1, 0.15) is 17.2 Å². The molecule has 9 heteroatoms. The molecule has 2 aromatic carbocycles. The molecule has 0 spiro atoms. The summed E-state index contributed by atoms with van der Waals surface area (Å²) in [5, 5.41) is 4.93. The molecule has 0 saturated carbocycles. The molecule has 0 aromatic heterocycles. The highest BCUT2D eigenvalue weighted by Crippen LogP contribution is 2.32. The average molecular weight is 490 g/mol. The molecular formula is C19H19BrCl2N2O4. The topological polar surface area (TPSA) is 69.2 Å². The SMILES string of the molecule is COc1cc(OC)c(C=NNC(=O)CCCOc2ccc(Cl)cc2Cl)cc1Br. The number of ether oxygens (including phenoxy) is 3. The van der Waals surface area contributed by atoms with Crippen molar-refractivity contribution in [2.75, 3.05) is 20.8 Å². The third-order valence-electron chi connectivity index (χ3n) is 3.60. The van der Waals surface area contributed by atoms with Crippen LogP contribution in [0.1, 0.15) is 18.4 Å². The maximum atomic E-state index is 11.9. The summed E-state index contributed by atoms with van der Waals surface area (Å²) >= 11 is 15.3. The molecule has 28 heavy (non-hydrogen) atoms. The van der Waals surface area contributed by atoms with Crippen LogP contribution in [0.2, 0.25) is 10.0 Å². The second-order valence-corrected chi connectivity index (χ2v) is 7.25. The number of hydrogen-bond donors (Lipinski definition) is 1. The van der Waals surface area contributed by atoms with E-state index in [0.717, 1.165) is 4.47 Å². The minimum atomic E-state index is -0.228. The summed E-state index contributed by atoms with van der Waals surface area (Å²) < 4.78 is 16.8. The summed E-state index contributed by atoms with van der Waals surface area (Å²) in [6.07, 6.45) is 2.27. The van der Waals surface area contributed by atoms with Gasteiger partial charge in [0.2, 0.25) is 5.91 Å². The van der Waals surface area contributed by atoms with Crippen molar-refractivity contribution < 1.29 is 19.0 Å². The lowest BCUT2D eigenvalue weighted by Gasteiger charge is -2.09. The number of halogens is 3. The fourth-order valence-electron chi connectivity index (χ4n) is 2.22. The van der Waals surface area contributed by atoms with Gasteiger partial charge >= 0.3 is 0 Å². The molecule has 2 rings (SSSR count). The molecule has 0 aliphatic heterocycles. The van der Waals surface area contributed by atoms with E-state index in [-0.39, 0.29) is 12.3 Å². The highest BCUT2D eigenvalue weighted by atomic mass is 79.9. The van der Waals surface area contributed by atoms with E-state index in [4.69, 9.17) is 37.4 Å². The molecule has 0 unspecified atom stereocenters. The second kappa shape index (κ2) is 11.1. The lowest BCUT2D eigenvalue weighted by Crippen LogP contribution is -2.18. The number of nitrogens with zero attached hydrogens (tertiary/aromatic N) is 1. The van der Waals surface area contributed by atoms with Gasteiger partial charge in [-0.25, -0.2) is 5.43 Å². The van der Waals surface area contributed by atoms with E-state index in [2.05, 4.69) is 26.5 Å². The fraction of sp³-hybridized carbons (Fsp3) is 0.263. The Morgan fingerprint density at radius 2 is 1.89 bits per heavy atom. The Morgan fingerprint density at radius 1 is 1.14 bits per heavy atom. The Hall–Kier alpha value is -1.96. The van der Waals surface area contributed by atoms with E-state index in [9.17, 15) is 4.79 Å². The van der Waals surface area contributed by atoms with Gasteiger partial charge < -0.3 is 14.2 Å². The lowest BCUT2D eigenvalue weighted by molar-refractivity contribution is -0.121. The third-order valence-corrected chi connectivity index (χ3v) is 4.75. The van der Waals surface area contributed by atoms with Crippen LogP contribution >= 0.6 is 39.1 Å². The molecule has 1 amide bonds. The zero-order valence-corrected chi connectivity index (χ0v) is 18.4. The van der Waals surface area contributed by atoms with E-state index in [1.807, 2.05) is 0 Å². The largest absolute Gasteiger partial charge is 0.496 e. The summed E-state index contributed by atoms with van der Waals surface area (Å²) in [4.78, 5) is 11.9. The highest BCUT2D eigenvalue weighted by molar-refractivity contribution is 9.10. The summed E-state index contributed by atoms with van der Waals surface area (Å²) in [5.74, 6) is 1.51. The van der Waals surface area contributed by atoms with E-state index >= 15 is 0 Å². The number of amides is 1. The van der Waals surface area contributed by atoms with Crippen molar-refractivity contribution in [1.82, 2.24) is 5.43 Å². The van der Waals surface area contributed by atoms with Gasteiger partial charge in [-0.3, -0.25) is 4.79 Å². The highest BCUT2D eigenvalue weighted by Gasteiger charge is 2.08. The Kier molecular flexibility index (Phi) is 8.89. The summed E-state index contributed by atoms with van der Waals surface area (Å²) in [6.45, 7) is 0.345. The average Bonchev–Trinajstić information content (AvgIpc) is 2.66. The maximum Gasteiger partial charge on any atom is 0.240 e. The molecule has 0 aliphatic rings. The minimum Gasteiger partial charge on any atom is -0.496 e. The normalized spacial score (nSPS) is 10.8. The number of nitrogens with one attached hydrogen (secondary N) is 1. The van der Waals surface area contributed by atoms with Crippen LogP contribution in [0.5, 0.6) is 17.2 Å². The Balaban J connectivity index is 1.80. The number of carbonyl (C=O) groups excluding carboxylic acids is 1. The molecule has 0 atom stereocenters. The van der Waals surface area contributed by atoms with Gasteiger partial charge in [-0.15, -0.1) is 0 Å². The van der Waals surface area contributed by atoms with Crippen molar-refractivity contribution in [3.63, 3.8) is 0 Å². The predicted octanol–water partition coefficient (Wildman–Crippen LogP) is 5.08. The molecule has 6 nitrogen and oxygen atoms in total. The molecule has 0 fully saturated rings. The zero-order valence-electron chi connectivity index (χ0n) is 15.3. The summed E-state index contributed by atoms with van der Waals surface area (Å²) in [7, 11) is 3.11. The van der Waals surface area contributed by atoms with E-state index in [1.165, 1.54) is 6.21 Å². The van der Waals surface area contributed by atoms with Gasteiger partial charge in [-0.05, 0) is 46.6 Å². The molecule has 0 heterocycles. The second-order valence-electron chi connectivity index (χ2n) is 5.55. The van der Waals surface area contributed by atoms with Crippen molar-refractivity contribution in [2.24, 2.45) is 5.10 Å². The smallest absolute Gasteiger partial charge is 0.240 e. The monoisotopic (exact) mass is 488 g/mol. The number of rotatable bonds is 9. The zero-order chi connectivity index (χ0) is 20.5. The van der Waals surface area contributed by atoms with Crippen LogP contribution in [-0.2, 0) is 4.79 Å². The van der Waals surface area contributed by atoms with Crippen LogP contribution in [0.25, 0.3) is 0 Å². The van der Waals surface area contributed by atoms with E-state index in [0.29, 0.717) is 45.9 Å². The van der Waals surface area contributed by atoms with Crippen LogP contribution in [0.3, 0.4) is 0 Å². The van der Waals surface area contributed by atoms with Crippen LogP contribution < -0.4 is 19.6 Å². The first-order chi connectivity index (χ1) is 13.4. The first-order valence-corrected chi connectivity index (χ1v) is 9.80. The van der Waals surface area contributed by atoms with Crippen LogP contribution in [0, 0.1) is 0 Å². The number of hydrogen-bond acceptors (Lipinski definition) is 5. The van der Waals surface area contributed by atoms with Gasteiger partial charge in [0.15, 0.2) is 0 Å². The molecule has 1 N–H and O–H groups in total. The lowest BCUT2D eigenvalue weighted by atomic mass is 10.2. The molecule has 2 aromatic rings. The van der Waals surface area contributed by atoms with Crippen LogP contribution in [-0.4, -0.2) is 32.9 Å². The van der Waals surface area contributed by atoms with E-state index < -0.39 is 0 Å². The van der Waals surface area contributed by atoms with Crippen LogP contribution in [0.4, 0.5) is 0 Å². The molecule has 0 saturated heterocycles. The minimum absolute atomic E-state index is 0.228. The van der Waals surface area contributed by atoms with Gasteiger partial charge in [0.05, 0.1) is 36.5 Å². The quantitative estimate of drug-likeness (QED) is 0.303. The number of hydrazone groups is 1. The van der Waals surface area contributed by atoms with Crippen LogP contribution in [0.15, 0.2) is 39.9 Å². The van der Waals surface area contributed by atoms with E-state index in [1.54, 1.807) is 44.6 Å². The Labute approximate surface area is 181 Å². The molecular weight excluding hydrogens is 471 g/mol. The Morgan fingerprint density at radius 3 is 2.57 bits per heavy atom. The van der Waals surface area contributed by atoms with Gasteiger partial charge in [0, 0.05) is 23.1 Å². The molecule has 150 valence electrons. The van der Waals surface area contributed by atoms with Crippen molar-refractivity contribution in [2.45, 2.75) is 12.8 Å². The van der Waals surface area contributed by atoms with Gasteiger partial charge in [0.25, 0.3) is 0 Å². The number of carbonyl (C=O) groups is 1. The van der Waals surface area contributed by atoms with Crippen molar-refractivity contribution in [3.8, 4) is 17.2 Å². The first-order valence-electron chi connectivity index (χ1n) is 8.26.